The lowest BCUT2D eigenvalue weighted by Gasteiger charge is -2.12. The van der Waals surface area contributed by atoms with E-state index in [-0.39, 0.29) is 17.4 Å². The highest BCUT2D eigenvalue weighted by molar-refractivity contribution is 6.30. The minimum absolute atomic E-state index is 0.0881. The van der Waals surface area contributed by atoms with Crippen molar-refractivity contribution in [1.29, 1.82) is 0 Å². The van der Waals surface area contributed by atoms with Crippen molar-refractivity contribution in [2.75, 3.05) is 0 Å². The Kier molecular flexibility index (Phi) is 5.90. The molecule has 0 saturated heterocycles. The van der Waals surface area contributed by atoms with E-state index in [9.17, 15) is 9.59 Å². The number of pyridine rings is 1. The van der Waals surface area contributed by atoms with Gasteiger partial charge in [0.2, 0.25) is 0 Å². The van der Waals surface area contributed by atoms with Gasteiger partial charge in [-0.3, -0.25) is 14.6 Å². The second-order valence-corrected chi connectivity index (χ2v) is 7.13. The smallest absolute Gasteiger partial charge is 0.267 e. The maximum absolute atomic E-state index is 12.7. The van der Waals surface area contributed by atoms with E-state index in [2.05, 4.69) is 10.1 Å². The average Bonchev–Trinajstić information content (AvgIpc) is 3.06. The number of hydrogen-bond donors (Lipinski definition) is 1. The number of aryl methyl sites for hydroxylation is 2. The molecule has 2 N–H and O–H groups in total. The number of nitrogens with zero attached hydrogens (tertiary/aromatic N) is 3. The number of carbonyl (C=O) groups is 2. The fourth-order valence-corrected chi connectivity index (χ4v) is 3.21. The third-order valence-corrected chi connectivity index (χ3v) is 4.84. The molecular weight excluding hydrogens is 376 g/mol. The second kappa shape index (κ2) is 8.35. The number of amides is 1. The minimum atomic E-state index is -0.588. The number of halogens is 1. The van der Waals surface area contributed by atoms with E-state index in [1.807, 2.05) is 48.9 Å². The van der Waals surface area contributed by atoms with Crippen LogP contribution >= 0.6 is 11.6 Å². The van der Waals surface area contributed by atoms with Crippen LogP contribution in [0.25, 0.3) is 5.69 Å². The molecule has 7 heteroatoms. The molecule has 0 radical (unpaired) electrons. The maximum Gasteiger partial charge on any atom is 0.267 e. The number of carbonyl (C=O) groups excluding carboxylic acids is 2. The van der Waals surface area contributed by atoms with E-state index in [0.29, 0.717) is 17.9 Å². The van der Waals surface area contributed by atoms with Crippen LogP contribution in [0.2, 0.25) is 5.02 Å². The van der Waals surface area contributed by atoms with Crippen molar-refractivity contribution in [1.82, 2.24) is 14.8 Å². The summed E-state index contributed by atoms with van der Waals surface area (Å²) in [5, 5.41) is 5.15. The van der Waals surface area contributed by atoms with Gasteiger partial charge in [0, 0.05) is 29.3 Å². The first-order valence-corrected chi connectivity index (χ1v) is 9.33. The zero-order valence-electron chi connectivity index (χ0n) is 15.7. The Morgan fingerprint density at radius 3 is 2.64 bits per heavy atom. The lowest BCUT2D eigenvalue weighted by atomic mass is 9.94. The number of hydrogen-bond acceptors (Lipinski definition) is 4. The van der Waals surface area contributed by atoms with Crippen LogP contribution in [0.15, 0.2) is 48.7 Å². The van der Waals surface area contributed by atoms with Gasteiger partial charge >= 0.3 is 0 Å². The molecule has 6 nitrogen and oxygen atoms in total. The highest BCUT2D eigenvalue weighted by Crippen LogP contribution is 2.21. The molecule has 1 amide bonds. The summed E-state index contributed by atoms with van der Waals surface area (Å²) in [6.07, 6.45) is 2.46. The van der Waals surface area contributed by atoms with Gasteiger partial charge in [-0.25, -0.2) is 4.68 Å². The molecule has 0 spiro atoms. The molecule has 144 valence electrons. The molecule has 1 atom stereocenters. The van der Waals surface area contributed by atoms with Crippen molar-refractivity contribution < 1.29 is 9.59 Å². The van der Waals surface area contributed by atoms with Crippen molar-refractivity contribution in [2.45, 2.75) is 32.6 Å². The maximum atomic E-state index is 12.7. The molecule has 2 aromatic heterocycles. The highest BCUT2D eigenvalue weighted by atomic mass is 35.5. The predicted molar refractivity (Wildman–Crippen MR) is 108 cm³/mol. The van der Waals surface area contributed by atoms with Crippen molar-refractivity contribution in [3.63, 3.8) is 0 Å². The van der Waals surface area contributed by atoms with Crippen LogP contribution in [0.4, 0.5) is 0 Å². The van der Waals surface area contributed by atoms with Gasteiger partial charge in [0.05, 0.1) is 11.4 Å². The topological polar surface area (TPSA) is 90.9 Å². The number of primary amides is 1. The van der Waals surface area contributed by atoms with Crippen LogP contribution in [-0.4, -0.2) is 26.5 Å². The Labute approximate surface area is 168 Å². The molecule has 3 rings (SSSR count). The molecule has 3 aromatic rings. The van der Waals surface area contributed by atoms with E-state index in [4.69, 9.17) is 17.3 Å². The molecule has 0 aliphatic carbocycles. The molecule has 0 saturated carbocycles. The van der Waals surface area contributed by atoms with Crippen molar-refractivity contribution in [3.8, 4) is 5.69 Å². The highest BCUT2D eigenvalue weighted by Gasteiger charge is 2.18. The first kappa shape index (κ1) is 19.8. The molecular formula is C21H21ClN4O2. The molecule has 0 aliphatic heterocycles. The van der Waals surface area contributed by atoms with E-state index in [0.717, 1.165) is 22.6 Å². The van der Waals surface area contributed by atoms with Gasteiger partial charge in [0.1, 0.15) is 11.5 Å². The largest absolute Gasteiger partial charge is 0.364 e. The zero-order valence-corrected chi connectivity index (χ0v) is 16.5. The number of benzene rings is 1. The molecule has 0 aliphatic rings. The Morgan fingerprint density at radius 2 is 2.00 bits per heavy atom. The molecule has 0 bridgehead atoms. The SMILES string of the molecule is Cc1cc(CCC(=O)C(C)c2ccc(C(N)=O)nc2)n(-c2cccc(Cl)c2)n1. The number of rotatable bonds is 7. The Balaban J connectivity index is 1.72. The summed E-state index contributed by atoms with van der Waals surface area (Å²) in [6.45, 7) is 3.75. The number of aromatic nitrogens is 3. The van der Waals surface area contributed by atoms with Gasteiger partial charge in [0.25, 0.3) is 5.91 Å². The summed E-state index contributed by atoms with van der Waals surface area (Å²) in [4.78, 5) is 27.8. The van der Waals surface area contributed by atoms with E-state index in [1.54, 1.807) is 12.1 Å². The van der Waals surface area contributed by atoms with Crippen LogP contribution in [0, 0.1) is 6.92 Å². The zero-order chi connectivity index (χ0) is 20.3. The van der Waals surface area contributed by atoms with Crippen molar-refractivity contribution in [3.05, 3.63) is 76.3 Å². The van der Waals surface area contributed by atoms with Gasteiger partial charge in [-0.2, -0.15) is 5.10 Å². The normalized spacial score (nSPS) is 12.0. The van der Waals surface area contributed by atoms with E-state index < -0.39 is 5.91 Å². The standard InChI is InChI=1S/C21H21ClN4O2/c1-13-10-18(26(25-13)17-5-3-4-16(22)11-17)7-9-20(27)14(2)15-6-8-19(21(23)28)24-12-15/h3-6,8,10-12,14H,7,9H2,1-2H3,(H2,23,28). The predicted octanol–water partition coefficient (Wildman–Crippen LogP) is 3.63. The molecule has 1 aromatic carbocycles. The van der Waals surface area contributed by atoms with E-state index in [1.165, 1.54) is 6.20 Å². The van der Waals surface area contributed by atoms with Crippen molar-refractivity contribution >= 4 is 23.3 Å². The van der Waals surface area contributed by atoms with Crippen molar-refractivity contribution in [2.24, 2.45) is 5.73 Å². The van der Waals surface area contributed by atoms with E-state index >= 15 is 0 Å². The Hall–Kier alpha value is -2.99. The average molecular weight is 397 g/mol. The number of ketones is 1. The lowest BCUT2D eigenvalue weighted by molar-refractivity contribution is -0.120. The fraction of sp³-hybridized carbons (Fsp3) is 0.238. The first-order valence-electron chi connectivity index (χ1n) is 8.95. The van der Waals surface area contributed by atoms with Crippen LogP contribution < -0.4 is 5.73 Å². The number of nitrogens with two attached hydrogens (primary N) is 1. The minimum Gasteiger partial charge on any atom is -0.364 e. The van der Waals surface area contributed by atoms with Gasteiger partial charge in [-0.15, -0.1) is 0 Å². The van der Waals surface area contributed by atoms with Gasteiger partial charge in [-0.1, -0.05) is 30.7 Å². The third-order valence-electron chi connectivity index (χ3n) is 4.61. The van der Waals surface area contributed by atoms with Crippen LogP contribution in [-0.2, 0) is 11.2 Å². The fourth-order valence-electron chi connectivity index (χ4n) is 3.02. The molecule has 1 unspecified atom stereocenters. The third kappa shape index (κ3) is 4.46. The Bertz CT molecular complexity index is 1010. The van der Waals surface area contributed by atoms with Gasteiger partial charge in [0.15, 0.2) is 0 Å². The molecule has 0 fully saturated rings. The summed E-state index contributed by atoms with van der Waals surface area (Å²) < 4.78 is 1.82. The lowest BCUT2D eigenvalue weighted by Crippen LogP contribution is -2.15. The van der Waals surface area contributed by atoms with Gasteiger partial charge in [-0.05, 0) is 49.2 Å². The van der Waals surface area contributed by atoms with Gasteiger partial charge < -0.3 is 5.73 Å². The Morgan fingerprint density at radius 1 is 1.21 bits per heavy atom. The summed E-state index contributed by atoms with van der Waals surface area (Å²) in [5.41, 5.74) is 8.83. The first-order chi connectivity index (χ1) is 13.3. The summed E-state index contributed by atoms with van der Waals surface area (Å²) in [6, 6.07) is 12.7. The summed E-state index contributed by atoms with van der Waals surface area (Å²) in [5.74, 6) is -0.821. The second-order valence-electron chi connectivity index (χ2n) is 6.70. The summed E-state index contributed by atoms with van der Waals surface area (Å²) in [7, 11) is 0. The number of Topliss-reactive ketones (excluding diaryl/α,β-unsaturated/α-hetero) is 1. The monoisotopic (exact) mass is 396 g/mol. The molecule has 2 heterocycles. The molecule has 28 heavy (non-hydrogen) atoms. The van der Waals surface area contributed by atoms with Crippen LogP contribution in [0.1, 0.15) is 46.7 Å². The quantitative estimate of drug-likeness (QED) is 0.660. The van der Waals surface area contributed by atoms with Crippen LogP contribution in [0.3, 0.4) is 0 Å². The van der Waals surface area contributed by atoms with Crippen LogP contribution in [0.5, 0.6) is 0 Å². The summed E-state index contributed by atoms with van der Waals surface area (Å²) >= 11 is 6.09.